The highest BCUT2D eigenvalue weighted by atomic mass is 32.1. The highest BCUT2D eigenvalue weighted by Gasteiger charge is 2.31. The largest absolute Gasteiger partial charge is 0.356 e. The van der Waals surface area contributed by atoms with E-state index in [0.717, 1.165) is 60.3 Å². The molecule has 1 atom stereocenters. The lowest BCUT2D eigenvalue weighted by atomic mass is 9.91. The molecule has 4 aromatic rings. The molecule has 1 aromatic carbocycles. The van der Waals surface area contributed by atoms with Gasteiger partial charge in [0, 0.05) is 21.5 Å². The van der Waals surface area contributed by atoms with Crippen molar-refractivity contribution in [1.82, 2.24) is 30.5 Å². The molecule has 0 aliphatic heterocycles. The summed E-state index contributed by atoms with van der Waals surface area (Å²) in [6.07, 6.45) is 7.70. The number of carbonyl (C=O) groups excluding carboxylic acids is 1. The molecule has 7 nitrogen and oxygen atoms in total. The normalized spacial score (nSPS) is 18.0. The minimum Gasteiger partial charge on any atom is -0.356 e. The van der Waals surface area contributed by atoms with Crippen molar-refractivity contribution in [2.75, 3.05) is 0 Å². The van der Waals surface area contributed by atoms with E-state index in [1.807, 2.05) is 6.07 Å². The molecule has 0 saturated heterocycles. The van der Waals surface area contributed by atoms with Crippen molar-refractivity contribution in [3.05, 3.63) is 57.9 Å². The van der Waals surface area contributed by atoms with Crippen LogP contribution in [0.2, 0.25) is 0 Å². The van der Waals surface area contributed by atoms with E-state index in [-0.39, 0.29) is 11.9 Å². The number of hydrogen-bond acceptors (Lipinski definition) is 5. The number of para-hydroxylation sites is 1. The number of thiophene rings is 1. The average molecular weight is 404 g/mol. The summed E-state index contributed by atoms with van der Waals surface area (Å²) in [5.41, 5.74) is 5.56. The second-order valence-electron chi connectivity index (χ2n) is 7.77. The molecule has 0 spiro atoms. The van der Waals surface area contributed by atoms with Crippen LogP contribution in [-0.4, -0.2) is 31.1 Å². The van der Waals surface area contributed by atoms with E-state index in [2.05, 4.69) is 44.0 Å². The SMILES string of the molecule is O=C(NC1CCCc2c1[nH]c1ccccc21)c1c(-n2cnnn2)sc2c1CCC2. The van der Waals surface area contributed by atoms with Gasteiger partial charge < -0.3 is 10.3 Å². The summed E-state index contributed by atoms with van der Waals surface area (Å²) < 4.78 is 1.62. The van der Waals surface area contributed by atoms with E-state index in [9.17, 15) is 4.79 Å². The first kappa shape index (κ1) is 16.9. The van der Waals surface area contributed by atoms with Gasteiger partial charge in [-0.1, -0.05) is 18.2 Å². The van der Waals surface area contributed by atoms with Crippen LogP contribution in [0.1, 0.15) is 57.4 Å². The Morgan fingerprint density at radius 3 is 2.97 bits per heavy atom. The molecule has 8 heteroatoms. The third-order valence-corrected chi connectivity index (χ3v) is 7.39. The predicted octanol–water partition coefficient (Wildman–Crippen LogP) is 3.50. The monoisotopic (exact) mass is 404 g/mol. The van der Waals surface area contributed by atoms with Gasteiger partial charge in [0.05, 0.1) is 11.6 Å². The molecule has 6 rings (SSSR count). The third-order valence-electron chi connectivity index (χ3n) is 6.11. The first-order chi connectivity index (χ1) is 14.3. The number of aromatic amines is 1. The van der Waals surface area contributed by atoms with Crippen molar-refractivity contribution in [3.63, 3.8) is 0 Å². The van der Waals surface area contributed by atoms with E-state index >= 15 is 0 Å². The molecule has 0 saturated carbocycles. The molecule has 2 N–H and O–H groups in total. The van der Waals surface area contributed by atoms with Crippen molar-refractivity contribution in [2.24, 2.45) is 0 Å². The van der Waals surface area contributed by atoms with Gasteiger partial charge in [-0.2, -0.15) is 4.68 Å². The van der Waals surface area contributed by atoms with Gasteiger partial charge in [-0.3, -0.25) is 4.79 Å². The number of aromatic nitrogens is 5. The second kappa shape index (κ2) is 6.52. The van der Waals surface area contributed by atoms with E-state index in [4.69, 9.17) is 0 Å². The fraction of sp³-hybridized carbons (Fsp3) is 0.333. The molecule has 1 unspecified atom stereocenters. The molecule has 2 aliphatic carbocycles. The number of rotatable bonds is 3. The maximum Gasteiger partial charge on any atom is 0.255 e. The van der Waals surface area contributed by atoms with Crippen molar-refractivity contribution in [3.8, 4) is 5.00 Å². The lowest BCUT2D eigenvalue weighted by molar-refractivity contribution is 0.0931. The van der Waals surface area contributed by atoms with Crippen molar-refractivity contribution in [2.45, 2.75) is 44.6 Å². The predicted molar refractivity (Wildman–Crippen MR) is 110 cm³/mol. The fourth-order valence-corrected chi connectivity index (χ4v) is 6.13. The Morgan fingerprint density at radius 1 is 1.17 bits per heavy atom. The first-order valence-corrected chi connectivity index (χ1v) is 10.9. The lowest BCUT2D eigenvalue weighted by Gasteiger charge is -2.24. The number of fused-ring (bicyclic) bond motifs is 4. The van der Waals surface area contributed by atoms with E-state index in [1.165, 1.54) is 21.4 Å². The Hall–Kier alpha value is -3.00. The number of amides is 1. The molecule has 0 bridgehead atoms. The van der Waals surface area contributed by atoms with E-state index in [1.54, 1.807) is 22.3 Å². The van der Waals surface area contributed by atoms with Crippen LogP contribution >= 0.6 is 11.3 Å². The van der Waals surface area contributed by atoms with Gasteiger partial charge in [-0.05, 0) is 66.1 Å². The Kier molecular flexibility index (Phi) is 3.80. The molecule has 3 aromatic heterocycles. The summed E-state index contributed by atoms with van der Waals surface area (Å²) in [5.74, 6) is -0.0218. The zero-order valence-electron chi connectivity index (χ0n) is 15.8. The number of hydrogen-bond donors (Lipinski definition) is 2. The minimum absolute atomic E-state index is 0.00248. The molecular weight excluding hydrogens is 384 g/mol. The van der Waals surface area contributed by atoms with Crippen molar-refractivity contribution >= 4 is 28.1 Å². The quantitative estimate of drug-likeness (QED) is 0.547. The summed E-state index contributed by atoms with van der Waals surface area (Å²) in [6, 6.07) is 8.39. The van der Waals surface area contributed by atoms with Gasteiger partial charge in [-0.15, -0.1) is 16.4 Å². The number of nitrogens with one attached hydrogen (secondary N) is 2. The Labute approximate surface area is 171 Å². The molecule has 29 heavy (non-hydrogen) atoms. The summed E-state index contributed by atoms with van der Waals surface area (Å²) in [5, 5.41) is 17.0. The Bertz CT molecular complexity index is 1220. The van der Waals surface area contributed by atoms with Crippen LogP contribution in [0, 0.1) is 0 Å². The second-order valence-corrected chi connectivity index (χ2v) is 8.86. The number of H-pyrrole nitrogens is 1. The maximum atomic E-state index is 13.5. The molecular formula is C21H20N6OS. The van der Waals surface area contributed by atoms with Crippen molar-refractivity contribution < 1.29 is 4.79 Å². The van der Waals surface area contributed by atoms with Crippen LogP contribution in [0.3, 0.4) is 0 Å². The summed E-state index contributed by atoms with van der Waals surface area (Å²) in [4.78, 5) is 18.3. The zero-order valence-corrected chi connectivity index (χ0v) is 16.6. The molecule has 0 fully saturated rings. The van der Waals surface area contributed by atoms with Gasteiger partial charge in [0.15, 0.2) is 0 Å². The summed E-state index contributed by atoms with van der Waals surface area (Å²) >= 11 is 1.64. The number of tetrazole rings is 1. The maximum absolute atomic E-state index is 13.5. The van der Waals surface area contributed by atoms with Crippen molar-refractivity contribution in [1.29, 1.82) is 0 Å². The zero-order chi connectivity index (χ0) is 19.4. The van der Waals surface area contributed by atoms with Gasteiger partial charge in [-0.25, -0.2) is 0 Å². The van der Waals surface area contributed by atoms with Gasteiger partial charge in [0.2, 0.25) is 0 Å². The third kappa shape index (κ3) is 2.62. The Morgan fingerprint density at radius 2 is 2.07 bits per heavy atom. The van der Waals surface area contributed by atoms with Gasteiger partial charge in [0.25, 0.3) is 5.91 Å². The van der Waals surface area contributed by atoms with Crippen LogP contribution < -0.4 is 5.32 Å². The first-order valence-electron chi connectivity index (χ1n) is 10.1. The van der Waals surface area contributed by atoms with E-state index < -0.39 is 0 Å². The average Bonchev–Trinajstić information content (AvgIpc) is 3.49. The lowest BCUT2D eigenvalue weighted by Crippen LogP contribution is -2.32. The highest BCUT2D eigenvalue weighted by molar-refractivity contribution is 7.15. The van der Waals surface area contributed by atoms with Crippen LogP contribution in [-0.2, 0) is 19.3 Å². The molecule has 2 aliphatic rings. The molecule has 1 amide bonds. The van der Waals surface area contributed by atoms with Gasteiger partial charge >= 0.3 is 0 Å². The molecule has 146 valence electrons. The summed E-state index contributed by atoms with van der Waals surface area (Å²) in [7, 11) is 0. The highest BCUT2D eigenvalue weighted by Crippen LogP contribution is 2.39. The molecule has 0 radical (unpaired) electrons. The van der Waals surface area contributed by atoms with Crippen LogP contribution in [0.5, 0.6) is 0 Å². The van der Waals surface area contributed by atoms with Crippen LogP contribution in [0.25, 0.3) is 15.9 Å². The Balaban J connectivity index is 1.38. The number of aryl methyl sites for hydroxylation is 2. The van der Waals surface area contributed by atoms with E-state index in [0.29, 0.717) is 0 Å². The summed E-state index contributed by atoms with van der Waals surface area (Å²) in [6.45, 7) is 0. The minimum atomic E-state index is -0.0218. The number of nitrogens with zero attached hydrogens (tertiary/aromatic N) is 4. The van der Waals surface area contributed by atoms with Gasteiger partial charge in [0.1, 0.15) is 11.3 Å². The topological polar surface area (TPSA) is 88.5 Å². The number of benzene rings is 1. The smallest absolute Gasteiger partial charge is 0.255 e. The standard InChI is InChI=1S/C21H20N6OS/c28-20(18-14-7-4-10-17(14)29-21(18)27-11-22-25-26-27)24-16-9-3-6-13-12-5-1-2-8-15(12)23-19(13)16/h1-2,5,8,11,16,23H,3-4,6-7,9-10H2,(H,24,28). The van der Waals surface area contributed by atoms with Crippen LogP contribution in [0.4, 0.5) is 0 Å². The van der Waals surface area contributed by atoms with Crippen LogP contribution in [0.15, 0.2) is 30.6 Å². The molecule has 3 heterocycles. The number of carbonyl (C=O) groups is 1. The fourth-order valence-electron chi connectivity index (χ4n) is 4.83.